The van der Waals surface area contributed by atoms with E-state index in [1.54, 1.807) is 70.9 Å². The maximum atomic E-state index is 13.9. The molecule has 1 aliphatic carbocycles. The number of imide groups is 1. The molecule has 0 bridgehead atoms. The van der Waals surface area contributed by atoms with Crippen LogP contribution in [0.2, 0.25) is 0 Å². The van der Waals surface area contributed by atoms with E-state index in [0.29, 0.717) is 185 Å². The van der Waals surface area contributed by atoms with Crippen LogP contribution in [-0.2, 0) is 135 Å². The van der Waals surface area contributed by atoms with Crippen LogP contribution in [0.15, 0.2) is 71.7 Å². The normalized spacial score (nSPS) is 16.7. The number of rotatable bonds is 49. The monoisotopic (exact) mass is 1510 g/mol. The van der Waals surface area contributed by atoms with Gasteiger partial charge in [0.15, 0.2) is 11.6 Å². The number of phenolic OH excluding ortho intramolecular Hbond substituents is 1. The number of nitrogens with zero attached hydrogens (tertiary/aromatic N) is 6. The molecule has 31 heteroatoms. The van der Waals surface area contributed by atoms with E-state index < -0.39 is 17.7 Å². The summed E-state index contributed by atoms with van der Waals surface area (Å²) in [5.41, 5.74) is 9.30. The number of cyclic esters (lactones) is 1. The predicted molar refractivity (Wildman–Crippen MR) is 392 cm³/mol. The topological polar surface area (TPSA) is 386 Å². The highest BCUT2D eigenvalue weighted by atomic mass is 16.7. The zero-order valence-corrected chi connectivity index (χ0v) is 62.5. The molecule has 590 valence electrons. The molecule has 3 aromatic heterocycles. The number of amides is 4. The number of nitrogens with one attached hydrogen (secondary N) is 2. The molecule has 1 saturated carbocycles. The quantitative estimate of drug-likeness (QED) is 0.0179. The smallest absolute Gasteiger partial charge is 0.508 e. The second kappa shape index (κ2) is 45.3. The van der Waals surface area contributed by atoms with Crippen LogP contribution >= 0.6 is 0 Å². The first kappa shape index (κ1) is 84.9. The lowest BCUT2D eigenvalue weighted by Gasteiger charge is -2.35. The van der Waals surface area contributed by atoms with E-state index in [1.165, 1.54) is 24.0 Å². The Morgan fingerprint density at radius 2 is 1.34 bits per heavy atom. The number of ether oxygens (including phenoxy) is 12. The molecule has 1 unspecified atom stereocenters. The van der Waals surface area contributed by atoms with Gasteiger partial charge >= 0.3 is 12.1 Å². The van der Waals surface area contributed by atoms with E-state index in [1.807, 2.05) is 13.8 Å². The molecule has 31 nitrogen and oxygen atoms in total. The number of unbranched alkanes of at least 4 members (excludes halogenated alkanes) is 1. The van der Waals surface area contributed by atoms with Gasteiger partial charge in [-0.2, -0.15) is 0 Å². The summed E-state index contributed by atoms with van der Waals surface area (Å²) < 4.78 is 68.9. The summed E-state index contributed by atoms with van der Waals surface area (Å²) in [6.45, 7) is 16.0. The molecule has 5 aromatic rings. The Morgan fingerprint density at radius 3 is 1.94 bits per heavy atom. The number of nitrogens with two attached hydrogens (primary N) is 1. The molecule has 0 spiro atoms. The van der Waals surface area contributed by atoms with E-state index in [9.17, 15) is 48.3 Å². The van der Waals surface area contributed by atoms with Crippen molar-refractivity contribution in [2.24, 2.45) is 23.5 Å². The van der Waals surface area contributed by atoms with Crippen LogP contribution in [0.3, 0.4) is 0 Å². The number of ketones is 2. The Kier molecular flexibility index (Phi) is 35.6. The number of anilines is 1. The van der Waals surface area contributed by atoms with Gasteiger partial charge in [-0.1, -0.05) is 44.5 Å². The molecular formula is C77H105N9O22. The molecular weight excluding hydrogens is 1400 g/mol. The van der Waals surface area contributed by atoms with E-state index in [2.05, 4.69) is 20.9 Å². The minimum Gasteiger partial charge on any atom is -0.508 e. The van der Waals surface area contributed by atoms with Gasteiger partial charge in [0.25, 0.3) is 17.4 Å². The predicted octanol–water partition coefficient (Wildman–Crippen LogP) is 6.52. The van der Waals surface area contributed by atoms with Crippen molar-refractivity contribution >= 4 is 63.9 Å². The minimum atomic E-state index is -1.91. The van der Waals surface area contributed by atoms with Crippen LogP contribution in [-0.4, -0.2) is 214 Å². The summed E-state index contributed by atoms with van der Waals surface area (Å²) in [5, 5.41) is 25.1. The Balaban J connectivity index is 0.000000275. The molecule has 4 aliphatic rings. The van der Waals surface area contributed by atoms with Crippen LogP contribution < -0.4 is 21.9 Å². The zero-order chi connectivity index (χ0) is 77.1. The van der Waals surface area contributed by atoms with Gasteiger partial charge < -0.3 is 82.9 Å². The fourth-order valence-corrected chi connectivity index (χ4v) is 12.9. The van der Waals surface area contributed by atoms with Crippen molar-refractivity contribution in [1.82, 2.24) is 34.8 Å². The number of hydrogen-bond donors (Lipinski definition) is 4. The Labute approximate surface area is 628 Å². The largest absolute Gasteiger partial charge is 0.510 e. The number of hydrogen-bond acceptors (Lipinski definition) is 26. The van der Waals surface area contributed by atoms with E-state index in [4.69, 9.17) is 67.6 Å². The minimum absolute atomic E-state index is 0.00626. The van der Waals surface area contributed by atoms with Gasteiger partial charge in [0.1, 0.15) is 37.9 Å². The molecule has 0 radical (unpaired) electrons. The number of carbonyl (C=O) groups is 8. The van der Waals surface area contributed by atoms with Crippen molar-refractivity contribution in [3.8, 4) is 17.1 Å². The summed E-state index contributed by atoms with van der Waals surface area (Å²) in [6.07, 6.45) is 11.2. The first-order chi connectivity index (χ1) is 52.4. The van der Waals surface area contributed by atoms with Crippen LogP contribution in [0.5, 0.6) is 5.75 Å². The van der Waals surface area contributed by atoms with Gasteiger partial charge in [0, 0.05) is 65.8 Å². The third-order valence-corrected chi connectivity index (χ3v) is 18.8. The number of phenols is 1. The van der Waals surface area contributed by atoms with Crippen LogP contribution in [0.25, 0.3) is 22.3 Å². The highest BCUT2D eigenvalue weighted by Crippen LogP contribution is 2.43. The van der Waals surface area contributed by atoms with Crippen molar-refractivity contribution < 1.29 is 100 Å². The van der Waals surface area contributed by atoms with Gasteiger partial charge in [-0.05, 0) is 131 Å². The average molecular weight is 1510 g/mol. The lowest BCUT2D eigenvalue weighted by Crippen LogP contribution is -2.47. The summed E-state index contributed by atoms with van der Waals surface area (Å²) in [4.78, 5) is 118. The number of benzene rings is 2. The average Bonchev–Trinajstić information content (AvgIpc) is 1.49. The fourth-order valence-electron chi connectivity index (χ4n) is 12.9. The van der Waals surface area contributed by atoms with Crippen LogP contribution in [0.4, 0.5) is 10.5 Å². The number of aromatic hydroxyl groups is 1. The highest BCUT2D eigenvalue weighted by Gasteiger charge is 2.51. The first-order valence-corrected chi connectivity index (χ1v) is 37.4. The maximum absolute atomic E-state index is 13.9. The summed E-state index contributed by atoms with van der Waals surface area (Å²) in [5.74, 6) is -1.36. The van der Waals surface area contributed by atoms with Crippen molar-refractivity contribution in [2.45, 2.75) is 143 Å². The number of carbonyl (C=O) groups excluding carboxylic acids is 8. The zero-order valence-electron chi connectivity index (χ0n) is 62.5. The van der Waals surface area contributed by atoms with Gasteiger partial charge in [0.05, 0.1) is 147 Å². The third-order valence-electron chi connectivity index (χ3n) is 18.8. The molecule has 4 amide bonds. The van der Waals surface area contributed by atoms with E-state index in [0.717, 1.165) is 67.9 Å². The lowest BCUT2D eigenvalue weighted by atomic mass is 9.81. The van der Waals surface area contributed by atoms with Crippen LogP contribution in [0, 0.1) is 17.8 Å². The number of aromatic nitrogens is 5. The number of esters is 1. The van der Waals surface area contributed by atoms with Crippen LogP contribution in [0.1, 0.15) is 132 Å². The van der Waals surface area contributed by atoms with E-state index >= 15 is 0 Å². The Bertz CT molecular complexity index is 3840. The summed E-state index contributed by atoms with van der Waals surface area (Å²) >= 11 is 0. The molecule has 108 heavy (non-hydrogen) atoms. The molecule has 6 heterocycles. The third kappa shape index (κ3) is 26.0. The van der Waals surface area contributed by atoms with Crippen molar-refractivity contribution in [1.29, 1.82) is 0 Å². The number of aryl methyl sites for hydroxylation is 1. The standard InChI is InChI=1S/C39H63N5O14.C38H42N4O8/c1-32(45)30-58-31-36(46)3-2-11-50-13-15-52-17-19-54-21-23-56-25-26-57-24-22-55-20-18-53-16-14-51-12-10-43-29-35(41-42-43)27-40-39(49)34-6-4-33(5-7-34)28-44-37(47)8-9-38(44)48;1-4-23(9-7-8-16-39)34(44)40-24-12-10-22(11-13-24)20-49-37(47)50-38(6-3)30-18-32-33-28(19-42(32)35(45)29(30)21-48-36(38)46)26(5-2)27-17-25(43)14-15-31(27)41-33/h8-9,29,33-34H,2-7,10-28,30-31H2,1H3,(H,40,49);10-15,17-18,23,43H,4-9,16,19-21,39H2,1-3H3,(H,40,44)/t;23?,38-/m.0/s1. The van der Waals surface area contributed by atoms with Gasteiger partial charge in [-0.25, -0.2) is 19.3 Å². The molecule has 5 N–H and O–H groups in total. The Hall–Kier alpha value is -8.76. The molecule has 3 aliphatic heterocycles. The highest BCUT2D eigenvalue weighted by molar-refractivity contribution is 6.12. The van der Waals surface area contributed by atoms with Crippen molar-refractivity contribution in [3.63, 3.8) is 0 Å². The number of fused-ring (bicyclic) bond motifs is 5. The molecule has 2 aromatic carbocycles. The second-order valence-electron chi connectivity index (χ2n) is 26.5. The SMILES string of the molecule is CC(=O)COCC(=O)CCCOCCOCCOCCOCCOCCOCCOCCOCCn1cc(CNC(=O)C2CCC(CN3C(=O)C=CC3=O)CC2)nn1.CCc1c2c(nc3ccc(O)cc13)-c1cc3c(c(=O)n1C2)COC(=O)[C@@]3(CC)OC(=O)OCc1ccc(NC(=O)C(CC)CCCCN)cc1. The fraction of sp³-hybridized carbons (Fsp3) is 0.584. The van der Waals surface area contributed by atoms with E-state index in [-0.39, 0.29) is 115 Å². The summed E-state index contributed by atoms with van der Waals surface area (Å²) in [6, 6.07) is 13.6. The molecule has 9 rings (SSSR count). The van der Waals surface area contributed by atoms with Gasteiger partial charge in [-0.15, -0.1) is 5.10 Å². The number of Topliss-reactive ketones (excluding diaryl/α,β-unsaturated/α-hetero) is 2. The number of pyridine rings is 2. The summed E-state index contributed by atoms with van der Waals surface area (Å²) in [7, 11) is 0. The Morgan fingerprint density at radius 1 is 0.722 bits per heavy atom. The molecule has 1 fully saturated rings. The van der Waals surface area contributed by atoms with Crippen molar-refractivity contribution in [2.75, 3.05) is 137 Å². The van der Waals surface area contributed by atoms with Gasteiger partial charge in [0.2, 0.25) is 17.4 Å². The second-order valence-corrected chi connectivity index (χ2v) is 26.5. The van der Waals surface area contributed by atoms with Crippen molar-refractivity contribution in [3.05, 3.63) is 111 Å². The molecule has 0 saturated heterocycles. The molecule has 2 atom stereocenters. The first-order valence-electron chi connectivity index (χ1n) is 37.4. The van der Waals surface area contributed by atoms with Gasteiger partial charge in [-0.3, -0.25) is 38.5 Å². The maximum Gasteiger partial charge on any atom is 0.510 e. The lowest BCUT2D eigenvalue weighted by molar-refractivity contribution is -0.175.